The van der Waals surface area contributed by atoms with Crippen LogP contribution in [0.15, 0.2) is 18.6 Å². The van der Waals surface area contributed by atoms with E-state index in [1.54, 1.807) is 19.6 Å². The number of aromatic nitrogens is 5. The van der Waals surface area contributed by atoms with Crippen LogP contribution in [0.25, 0.3) is 22.6 Å². The minimum absolute atomic E-state index is 0.198. The predicted molar refractivity (Wildman–Crippen MR) is 119 cm³/mol. The van der Waals surface area contributed by atoms with Crippen molar-refractivity contribution >= 4 is 22.9 Å². The van der Waals surface area contributed by atoms with Gasteiger partial charge in [-0.15, -0.1) is 0 Å². The van der Waals surface area contributed by atoms with Crippen molar-refractivity contribution in [3.05, 3.63) is 24.2 Å². The lowest BCUT2D eigenvalue weighted by molar-refractivity contribution is -0.129. The molecule has 0 N–H and O–H groups in total. The van der Waals surface area contributed by atoms with Crippen molar-refractivity contribution in [1.29, 1.82) is 0 Å². The van der Waals surface area contributed by atoms with Crippen LogP contribution in [0.2, 0.25) is 0 Å². The average molecular weight is 424 g/mol. The molecule has 164 valence electrons. The van der Waals surface area contributed by atoms with E-state index in [1.165, 1.54) is 0 Å². The number of pyridine rings is 1. The molecule has 1 atom stereocenters. The first-order valence-corrected chi connectivity index (χ1v) is 10.7. The van der Waals surface area contributed by atoms with Gasteiger partial charge in [0.2, 0.25) is 11.8 Å². The van der Waals surface area contributed by atoms with Crippen molar-refractivity contribution < 1.29 is 9.53 Å². The molecule has 0 saturated carbocycles. The van der Waals surface area contributed by atoms with Crippen LogP contribution in [0.1, 0.15) is 32.3 Å². The number of methoxy groups -OCH3 is 1. The summed E-state index contributed by atoms with van der Waals surface area (Å²) in [6.07, 6.45) is 4.82. The van der Waals surface area contributed by atoms with E-state index in [-0.39, 0.29) is 11.9 Å². The SMILES string of the molecule is CCC(=O)N1CCC(N(C)c2ncnc3c2nc(-c2cnc(OC)c(C)c2)n3CC)C1. The maximum Gasteiger partial charge on any atom is 0.222 e. The highest BCUT2D eigenvalue weighted by Crippen LogP contribution is 2.31. The van der Waals surface area contributed by atoms with Crippen LogP contribution in [-0.2, 0) is 11.3 Å². The molecule has 1 aliphatic rings. The van der Waals surface area contributed by atoms with Gasteiger partial charge in [-0.1, -0.05) is 6.92 Å². The van der Waals surface area contributed by atoms with E-state index in [0.29, 0.717) is 18.8 Å². The lowest BCUT2D eigenvalue weighted by atomic mass is 10.2. The summed E-state index contributed by atoms with van der Waals surface area (Å²) in [5.74, 6) is 2.40. The Kier molecular flexibility index (Phi) is 5.75. The van der Waals surface area contributed by atoms with Gasteiger partial charge < -0.3 is 19.1 Å². The van der Waals surface area contributed by atoms with Gasteiger partial charge in [-0.05, 0) is 26.3 Å². The number of aryl methyl sites for hydroxylation is 2. The Hall–Kier alpha value is -3.23. The minimum Gasteiger partial charge on any atom is -0.481 e. The van der Waals surface area contributed by atoms with E-state index in [1.807, 2.05) is 31.9 Å². The number of imidazole rings is 1. The smallest absolute Gasteiger partial charge is 0.222 e. The zero-order valence-corrected chi connectivity index (χ0v) is 18.8. The van der Waals surface area contributed by atoms with Crippen LogP contribution >= 0.6 is 0 Å². The lowest BCUT2D eigenvalue weighted by Crippen LogP contribution is -2.37. The third-order valence-corrected chi connectivity index (χ3v) is 6.01. The van der Waals surface area contributed by atoms with Crippen LogP contribution in [-0.4, -0.2) is 68.6 Å². The summed E-state index contributed by atoms with van der Waals surface area (Å²) in [7, 11) is 3.64. The number of nitrogens with zero attached hydrogens (tertiary/aromatic N) is 7. The van der Waals surface area contributed by atoms with Gasteiger partial charge in [0.05, 0.1) is 7.11 Å². The van der Waals surface area contributed by atoms with E-state index >= 15 is 0 Å². The predicted octanol–water partition coefficient (Wildman–Crippen LogP) is 2.67. The van der Waals surface area contributed by atoms with Crippen LogP contribution < -0.4 is 9.64 Å². The first-order chi connectivity index (χ1) is 15.0. The van der Waals surface area contributed by atoms with Gasteiger partial charge in [0.1, 0.15) is 12.2 Å². The van der Waals surface area contributed by atoms with Gasteiger partial charge in [-0.3, -0.25) is 4.79 Å². The molecule has 0 aliphatic carbocycles. The van der Waals surface area contributed by atoms with Gasteiger partial charge in [-0.2, -0.15) is 0 Å². The number of likely N-dealkylation sites (tertiary alicyclic amines) is 1. The summed E-state index contributed by atoms with van der Waals surface area (Å²) >= 11 is 0. The molecule has 3 aromatic rings. The van der Waals surface area contributed by atoms with Crippen molar-refractivity contribution in [2.75, 3.05) is 32.1 Å². The molecule has 4 rings (SSSR count). The van der Waals surface area contributed by atoms with Gasteiger partial charge in [0, 0.05) is 56.5 Å². The van der Waals surface area contributed by atoms with Crippen molar-refractivity contribution in [3.63, 3.8) is 0 Å². The monoisotopic (exact) mass is 423 g/mol. The number of hydrogen-bond acceptors (Lipinski definition) is 7. The molecule has 1 amide bonds. The summed E-state index contributed by atoms with van der Waals surface area (Å²) in [5.41, 5.74) is 3.41. The van der Waals surface area contributed by atoms with Crippen LogP contribution in [0, 0.1) is 6.92 Å². The second kappa shape index (κ2) is 8.49. The average Bonchev–Trinajstić information content (AvgIpc) is 3.42. The fourth-order valence-electron chi connectivity index (χ4n) is 4.28. The number of ether oxygens (including phenoxy) is 1. The van der Waals surface area contributed by atoms with Gasteiger partial charge >= 0.3 is 0 Å². The van der Waals surface area contributed by atoms with E-state index in [9.17, 15) is 4.79 Å². The zero-order chi connectivity index (χ0) is 22.1. The fraction of sp³-hybridized carbons (Fsp3) is 0.500. The number of carbonyl (C=O) groups excluding carboxylic acids is 1. The largest absolute Gasteiger partial charge is 0.481 e. The third-order valence-electron chi connectivity index (χ3n) is 6.01. The second-order valence-corrected chi connectivity index (χ2v) is 7.85. The first kappa shape index (κ1) is 21.0. The summed E-state index contributed by atoms with van der Waals surface area (Å²) < 4.78 is 7.38. The number of likely N-dealkylation sites (N-methyl/N-ethyl adjacent to an activating group) is 1. The van der Waals surface area contributed by atoms with Crippen molar-refractivity contribution in [3.8, 4) is 17.3 Å². The molecule has 1 unspecified atom stereocenters. The van der Waals surface area contributed by atoms with Crippen molar-refractivity contribution in [2.24, 2.45) is 0 Å². The lowest BCUT2D eigenvalue weighted by Gasteiger charge is -2.25. The molecule has 1 fully saturated rings. The Balaban J connectivity index is 1.74. The molecule has 0 aromatic carbocycles. The third kappa shape index (κ3) is 3.68. The standard InChI is InChI=1S/C22H29N7O2/c1-6-17(30)28-9-8-16(12-28)27(4)20-18-21(25-13-24-20)29(7-2)19(26-18)15-10-14(3)22(31-5)23-11-15/h10-11,13,16H,6-9,12H2,1-5H3. The van der Waals surface area contributed by atoms with Crippen LogP contribution in [0.3, 0.4) is 0 Å². The Morgan fingerprint density at radius 2 is 2.10 bits per heavy atom. The number of amides is 1. The molecule has 9 heteroatoms. The molecule has 0 spiro atoms. The van der Waals surface area contributed by atoms with Gasteiger partial charge in [0.25, 0.3) is 0 Å². The Bertz CT molecular complexity index is 1110. The molecule has 3 aromatic heterocycles. The van der Waals surface area contributed by atoms with E-state index in [0.717, 1.165) is 53.4 Å². The summed E-state index contributed by atoms with van der Waals surface area (Å²) in [5, 5.41) is 0. The van der Waals surface area contributed by atoms with Crippen molar-refractivity contribution in [2.45, 2.75) is 46.2 Å². The number of fused-ring (bicyclic) bond motifs is 1. The second-order valence-electron chi connectivity index (χ2n) is 7.85. The molecular formula is C22H29N7O2. The molecule has 31 heavy (non-hydrogen) atoms. The molecule has 1 saturated heterocycles. The summed E-state index contributed by atoms with van der Waals surface area (Å²) in [4.78, 5) is 34.6. The molecule has 9 nitrogen and oxygen atoms in total. The molecular weight excluding hydrogens is 394 g/mol. The Labute approximate surface area is 182 Å². The number of anilines is 1. The Morgan fingerprint density at radius 1 is 1.29 bits per heavy atom. The molecule has 0 radical (unpaired) electrons. The maximum absolute atomic E-state index is 12.1. The van der Waals surface area contributed by atoms with Gasteiger partial charge in [-0.25, -0.2) is 19.9 Å². The summed E-state index contributed by atoms with van der Waals surface area (Å²) in [6.45, 7) is 8.15. The fourth-order valence-corrected chi connectivity index (χ4v) is 4.28. The topological polar surface area (TPSA) is 89.3 Å². The highest BCUT2D eigenvalue weighted by molar-refractivity contribution is 5.87. The minimum atomic E-state index is 0.198. The van der Waals surface area contributed by atoms with Gasteiger partial charge in [0.15, 0.2) is 17.0 Å². The first-order valence-electron chi connectivity index (χ1n) is 10.7. The van der Waals surface area contributed by atoms with Crippen LogP contribution in [0.5, 0.6) is 5.88 Å². The van der Waals surface area contributed by atoms with E-state index in [2.05, 4.69) is 31.3 Å². The highest BCUT2D eigenvalue weighted by atomic mass is 16.5. The summed E-state index contributed by atoms with van der Waals surface area (Å²) in [6, 6.07) is 2.23. The number of hydrogen-bond donors (Lipinski definition) is 0. The molecule has 1 aliphatic heterocycles. The number of rotatable bonds is 6. The normalized spacial score (nSPS) is 16.2. The molecule has 4 heterocycles. The van der Waals surface area contributed by atoms with Crippen molar-refractivity contribution in [1.82, 2.24) is 29.4 Å². The Morgan fingerprint density at radius 3 is 2.77 bits per heavy atom. The van der Waals surface area contributed by atoms with E-state index < -0.39 is 0 Å². The number of carbonyl (C=O) groups is 1. The highest BCUT2D eigenvalue weighted by Gasteiger charge is 2.30. The van der Waals surface area contributed by atoms with E-state index in [4.69, 9.17) is 9.72 Å². The maximum atomic E-state index is 12.1. The zero-order valence-electron chi connectivity index (χ0n) is 18.8. The van der Waals surface area contributed by atoms with Crippen LogP contribution in [0.4, 0.5) is 5.82 Å². The molecule has 0 bridgehead atoms. The quantitative estimate of drug-likeness (QED) is 0.602.